The highest BCUT2D eigenvalue weighted by Gasteiger charge is 2.14. The van der Waals surface area contributed by atoms with Crippen molar-refractivity contribution in [2.45, 2.75) is 26.3 Å². The van der Waals surface area contributed by atoms with Crippen LogP contribution in [0.3, 0.4) is 0 Å². The molecule has 0 aliphatic heterocycles. The lowest BCUT2D eigenvalue weighted by Crippen LogP contribution is -2.30. The number of anilines is 1. The summed E-state index contributed by atoms with van der Waals surface area (Å²) in [5, 5.41) is 0. The van der Waals surface area contributed by atoms with E-state index in [1.807, 2.05) is 7.05 Å². The van der Waals surface area contributed by atoms with E-state index < -0.39 is 0 Å². The Kier molecular flexibility index (Phi) is 4.24. The van der Waals surface area contributed by atoms with Gasteiger partial charge in [0, 0.05) is 24.3 Å². The molecule has 2 nitrogen and oxygen atoms in total. The lowest BCUT2D eigenvalue weighted by atomic mass is 10.1. The van der Waals surface area contributed by atoms with E-state index in [4.69, 9.17) is 18.0 Å². The van der Waals surface area contributed by atoms with E-state index in [9.17, 15) is 4.39 Å². The molecule has 0 saturated carbocycles. The van der Waals surface area contributed by atoms with Gasteiger partial charge in [-0.15, -0.1) is 0 Å². The molecule has 0 bridgehead atoms. The Morgan fingerprint density at radius 3 is 2.69 bits per heavy atom. The van der Waals surface area contributed by atoms with Gasteiger partial charge in [-0.05, 0) is 31.5 Å². The number of rotatable bonds is 4. The van der Waals surface area contributed by atoms with E-state index in [1.54, 1.807) is 6.07 Å². The van der Waals surface area contributed by atoms with Crippen LogP contribution < -0.4 is 10.6 Å². The van der Waals surface area contributed by atoms with Crippen LogP contribution in [0.2, 0.25) is 0 Å². The van der Waals surface area contributed by atoms with Crippen molar-refractivity contribution in [3.8, 4) is 0 Å². The van der Waals surface area contributed by atoms with Crippen molar-refractivity contribution in [1.29, 1.82) is 0 Å². The first kappa shape index (κ1) is 12.9. The lowest BCUT2D eigenvalue weighted by molar-refractivity contribution is 0.625. The van der Waals surface area contributed by atoms with Gasteiger partial charge in [0.05, 0.1) is 0 Å². The Labute approximate surface area is 101 Å². The first-order chi connectivity index (χ1) is 7.47. The molecule has 0 fully saturated rings. The summed E-state index contributed by atoms with van der Waals surface area (Å²) >= 11 is 4.94. The Morgan fingerprint density at radius 1 is 1.56 bits per heavy atom. The van der Waals surface area contributed by atoms with Gasteiger partial charge in [-0.25, -0.2) is 4.39 Å². The SMILES string of the molecule is CCC(C)N(C)c1ccc(F)cc1C(N)=S. The normalized spacial score (nSPS) is 12.2. The van der Waals surface area contributed by atoms with Gasteiger partial charge in [0.25, 0.3) is 0 Å². The number of nitrogens with two attached hydrogens (primary N) is 1. The zero-order chi connectivity index (χ0) is 12.3. The molecule has 1 aromatic carbocycles. The van der Waals surface area contributed by atoms with E-state index in [2.05, 4.69) is 18.7 Å². The summed E-state index contributed by atoms with van der Waals surface area (Å²) in [6.45, 7) is 4.21. The third-order valence-corrected chi connectivity index (χ3v) is 3.08. The van der Waals surface area contributed by atoms with Crippen LogP contribution in [-0.4, -0.2) is 18.1 Å². The smallest absolute Gasteiger partial charge is 0.124 e. The fraction of sp³-hybridized carbons (Fsp3) is 0.417. The lowest BCUT2D eigenvalue weighted by Gasteiger charge is -2.28. The standard InChI is InChI=1S/C12H17FN2S/c1-4-8(2)15(3)11-6-5-9(13)7-10(11)12(14)16/h5-8H,4H2,1-3H3,(H2,14,16). The Bertz CT molecular complexity index is 393. The second kappa shape index (κ2) is 5.25. The third-order valence-electron chi connectivity index (χ3n) is 2.86. The van der Waals surface area contributed by atoms with Gasteiger partial charge in [0.15, 0.2) is 0 Å². The Balaban J connectivity index is 3.17. The molecule has 1 aromatic rings. The van der Waals surface area contributed by atoms with Gasteiger partial charge in [0.2, 0.25) is 0 Å². The van der Waals surface area contributed by atoms with Crippen LogP contribution in [0, 0.1) is 5.82 Å². The molecular weight excluding hydrogens is 223 g/mol. The molecule has 0 aliphatic rings. The topological polar surface area (TPSA) is 29.3 Å². The molecule has 88 valence electrons. The highest BCUT2D eigenvalue weighted by atomic mass is 32.1. The van der Waals surface area contributed by atoms with Crippen molar-refractivity contribution in [3.05, 3.63) is 29.6 Å². The monoisotopic (exact) mass is 240 g/mol. The second-order valence-corrected chi connectivity index (χ2v) is 4.33. The maximum Gasteiger partial charge on any atom is 0.124 e. The van der Waals surface area contributed by atoms with Gasteiger partial charge < -0.3 is 10.6 Å². The number of hydrogen-bond donors (Lipinski definition) is 1. The molecule has 0 spiro atoms. The molecule has 1 atom stereocenters. The molecule has 1 unspecified atom stereocenters. The quantitative estimate of drug-likeness (QED) is 0.820. The molecule has 0 saturated heterocycles. The summed E-state index contributed by atoms with van der Waals surface area (Å²) in [5.74, 6) is -0.316. The summed E-state index contributed by atoms with van der Waals surface area (Å²) in [7, 11) is 1.96. The summed E-state index contributed by atoms with van der Waals surface area (Å²) in [4.78, 5) is 2.29. The molecule has 1 rings (SSSR count). The van der Waals surface area contributed by atoms with Crippen LogP contribution in [0.5, 0.6) is 0 Å². The van der Waals surface area contributed by atoms with Crippen LogP contribution in [0.1, 0.15) is 25.8 Å². The summed E-state index contributed by atoms with van der Waals surface area (Å²) in [5.41, 5.74) is 7.07. The number of benzene rings is 1. The van der Waals surface area contributed by atoms with Crippen molar-refractivity contribution >= 4 is 22.9 Å². The molecule has 0 amide bonds. The minimum Gasteiger partial charge on any atom is -0.389 e. The van der Waals surface area contributed by atoms with E-state index in [0.717, 1.165) is 12.1 Å². The Morgan fingerprint density at radius 2 is 2.19 bits per heavy atom. The van der Waals surface area contributed by atoms with Crippen molar-refractivity contribution in [2.24, 2.45) is 5.73 Å². The van der Waals surface area contributed by atoms with Gasteiger partial charge in [-0.3, -0.25) is 0 Å². The molecule has 0 aliphatic carbocycles. The summed E-state index contributed by atoms with van der Waals surface area (Å²) in [6.07, 6.45) is 1.00. The highest BCUT2D eigenvalue weighted by molar-refractivity contribution is 7.80. The molecule has 2 N–H and O–H groups in total. The average Bonchev–Trinajstić information content (AvgIpc) is 2.26. The van der Waals surface area contributed by atoms with Crippen LogP contribution >= 0.6 is 12.2 Å². The highest BCUT2D eigenvalue weighted by Crippen LogP contribution is 2.23. The van der Waals surface area contributed by atoms with E-state index in [-0.39, 0.29) is 10.8 Å². The summed E-state index contributed by atoms with van der Waals surface area (Å²) < 4.78 is 13.1. The number of thiocarbonyl (C=S) groups is 1. The van der Waals surface area contributed by atoms with Crippen LogP contribution in [0.25, 0.3) is 0 Å². The van der Waals surface area contributed by atoms with Gasteiger partial charge in [0.1, 0.15) is 10.8 Å². The third kappa shape index (κ3) is 2.70. The summed E-state index contributed by atoms with van der Waals surface area (Å²) in [6, 6.07) is 4.89. The molecule has 16 heavy (non-hydrogen) atoms. The maximum absolute atomic E-state index is 13.1. The van der Waals surface area contributed by atoms with Gasteiger partial charge >= 0.3 is 0 Å². The molecule has 0 heterocycles. The molecule has 0 radical (unpaired) electrons. The molecule has 4 heteroatoms. The van der Waals surface area contributed by atoms with E-state index >= 15 is 0 Å². The van der Waals surface area contributed by atoms with E-state index in [1.165, 1.54) is 12.1 Å². The molecule has 0 aromatic heterocycles. The zero-order valence-electron chi connectivity index (χ0n) is 9.83. The van der Waals surface area contributed by atoms with Gasteiger partial charge in [-0.1, -0.05) is 19.1 Å². The fourth-order valence-electron chi connectivity index (χ4n) is 1.52. The number of hydrogen-bond acceptors (Lipinski definition) is 2. The van der Waals surface area contributed by atoms with Crippen LogP contribution in [-0.2, 0) is 0 Å². The van der Waals surface area contributed by atoms with Crippen molar-refractivity contribution < 1.29 is 4.39 Å². The number of halogens is 1. The zero-order valence-corrected chi connectivity index (χ0v) is 10.6. The average molecular weight is 240 g/mol. The van der Waals surface area contributed by atoms with Crippen LogP contribution in [0.4, 0.5) is 10.1 Å². The predicted molar refractivity (Wildman–Crippen MR) is 70.4 cm³/mol. The number of nitrogens with zero attached hydrogens (tertiary/aromatic N) is 1. The largest absolute Gasteiger partial charge is 0.389 e. The minimum absolute atomic E-state index is 0.227. The maximum atomic E-state index is 13.1. The minimum atomic E-state index is -0.316. The van der Waals surface area contributed by atoms with E-state index in [0.29, 0.717) is 11.6 Å². The van der Waals surface area contributed by atoms with Crippen molar-refractivity contribution in [3.63, 3.8) is 0 Å². The Hall–Kier alpha value is -1.16. The van der Waals surface area contributed by atoms with Gasteiger partial charge in [-0.2, -0.15) is 0 Å². The van der Waals surface area contributed by atoms with Crippen molar-refractivity contribution in [1.82, 2.24) is 0 Å². The first-order valence-corrected chi connectivity index (χ1v) is 5.70. The molecular formula is C12H17FN2S. The van der Waals surface area contributed by atoms with Crippen molar-refractivity contribution in [2.75, 3.05) is 11.9 Å². The first-order valence-electron chi connectivity index (χ1n) is 5.29. The second-order valence-electron chi connectivity index (χ2n) is 3.89. The fourth-order valence-corrected chi connectivity index (χ4v) is 1.69. The predicted octanol–water partition coefficient (Wildman–Crippen LogP) is 2.69. The van der Waals surface area contributed by atoms with Crippen LogP contribution in [0.15, 0.2) is 18.2 Å².